The van der Waals surface area contributed by atoms with Crippen LogP contribution in [0, 0.1) is 6.92 Å². The number of rotatable bonds is 5. The van der Waals surface area contributed by atoms with Gasteiger partial charge in [-0.15, -0.1) is 0 Å². The van der Waals surface area contributed by atoms with Crippen molar-refractivity contribution < 1.29 is 9.32 Å². The Kier molecular flexibility index (Phi) is 4.93. The second-order valence-corrected chi connectivity index (χ2v) is 6.32. The fourth-order valence-electron chi connectivity index (χ4n) is 2.83. The molecule has 0 spiro atoms. The summed E-state index contributed by atoms with van der Waals surface area (Å²) in [5, 5.41) is 6.76. The van der Waals surface area contributed by atoms with E-state index >= 15 is 0 Å². The fourth-order valence-corrected chi connectivity index (χ4v) is 2.83. The van der Waals surface area contributed by atoms with E-state index in [9.17, 15) is 4.79 Å². The molecule has 0 saturated heterocycles. The summed E-state index contributed by atoms with van der Waals surface area (Å²) in [4.78, 5) is 20.8. The number of pyridine rings is 1. The van der Waals surface area contributed by atoms with Gasteiger partial charge in [0.2, 0.25) is 11.7 Å². The first-order valence-electron chi connectivity index (χ1n) is 8.88. The molecule has 0 aliphatic heterocycles. The number of aryl methyl sites for hydroxylation is 1. The predicted molar refractivity (Wildman–Crippen MR) is 105 cm³/mol. The first-order chi connectivity index (χ1) is 13.7. The topological polar surface area (TPSA) is 80.9 Å². The highest BCUT2D eigenvalue weighted by Gasteiger charge is 2.11. The average molecular weight is 370 g/mol. The number of benzene rings is 2. The zero-order chi connectivity index (χ0) is 19.3. The lowest BCUT2D eigenvalue weighted by molar-refractivity contribution is 0.0946. The lowest BCUT2D eigenvalue weighted by Crippen LogP contribution is -2.22. The number of carbonyl (C=O) groups is 1. The normalized spacial score (nSPS) is 10.6. The largest absolute Gasteiger partial charge is 0.343 e. The molecule has 4 aromatic rings. The third-order valence-corrected chi connectivity index (χ3v) is 4.28. The molecule has 0 bridgehead atoms. The summed E-state index contributed by atoms with van der Waals surface area (Å²) in [6.07, 6.45) is 1.70. The Balaban J connectivity index is 1.39. The van der Waals surface area contributed by atoms with Gasteiger partial charge in [0.1, 0.15) is 0 Å². The van der Waals surface area contributed by atoms with Crippen molar-refractivity contribution in [2.75, 3.05) is 0 Å². The number of nitrogens with zero attached hydrogens (tertiary/aromatic N) is 3. The molecule has 0 fully saturated rings. The van der Waals surface area contributed by atoms with E-state index in [1.54, 1.807) is 18.3 Å². The highest BCUT2D eigenvalue weighted by molar-refractivity contribution is 5.94. The molecular formula is C22H18N4O2. The molecule has 2 aromatic carbocycles. The van der Waals surface area contributed by atoms with Crippen LogP contribution in [0.4, 0.5) is 0 Å². The summed E-state index contributed by atoms with van der Waals surface area (Å²) in [7, 11) is 0. The highest BCUT2D eigenvalue weighted by Crippen LogP contribution is 2.19. The maximum absolute atomic E-state index is 12.4. The maximum Gasteiger partial charge on any atom is 0.251 e. The molecule has 0 radical (unpaired) electrons. The molecule has 0 aliphatic rings. The van der Waals surface area contributed by atoms with E-state index in [0.29, 0.717) is 17.3 Å². The number of aromatic nitrogens is 3. The molecule has 2 aromatic heterocycles. The molecule has 1 N–H and O–H groups in total. The summed E-state index contributed by atoms with van der Waals surface area (Å²) < 4.78 is 5.23. The highest BCUT2D eigenvalue weighted by atomic mass is 16.5. The van der Waals surface area contributed by atoms with Gasteiger partial charge in [0, 0.05) is 23.0 Å². The lowest BCUT2D eigenvalue weighted by atomic mass is 10.0. The van der Waals surface area contributed by atoms with Crippen LogP contribution in [-0.2, 0) is 6.54 Å². The van der Waals surface area contributed by atoms with E-state index in [2.05, 4.69) is 20.4 Å². The van der Waals surface area contributed by atoms with Gasteiger partial charge >= 0.3 is 0 Å². The van der Waals surface area contributed by atoms with Crippen molar-refractivity contribution in [2.24, 2.45) is 0 Å². The smallest absolute Gasteiger partial charge is 0.251 e. The monoisotopic (exact) mass is 370 g/mol. The van der Waals surface area contributed by atoms with Crippen LogP contribution in [0.2, 0.25) is 0 Å². The van der Waals surface area contributed by atoms with E-state index in [4.69, 9.17) is 4.52 Å². The van der Waals surface area contributed by atoms with E-state index in [0.717, 1.165) is 22.4 Å². The Labute approximate surface area is 162 Å². The number of hydrogen-bond acceptors (Lipinski definition) is 5. The molecule has 6 heteroatoms. The van der Waals surface area contributed by atoms with E-state index in [1.165, 1.54) is 0 Å². The van der Waals surface area contributed by atoms with Gasteiger partial charge in [-0.05, 0) is 42.3 Å². The molecule has 0 unspecified atom stereocenters. The maximum atomic E-state index is 12.4. The number of amides is 1. The standard InChI is InChI=1S/C22H18N4O2/c1-15-13-19(11-12-23-15)21-25-20(28-26-21)14-24-22(27)18-9-7-17(8-10-18)16-5-3-2-4-6-16/h2-13H,14H2,1H3,(H,24,27). The van der Waals surface area contributed by atoms with E-state index < -0.39 is 0 Å². The number of nitrogens with one attached hydrogen (secondary N) is 1. The van der Waals surface area contributed by atoms with Crippen molar-refractivity contribution in [3.63, 3.8) is 0 Å². The minimum absolute atomic E-state index is 0.163. The zero-order valence-corrected chi connectivity index (χ0v) is 15.3. The van der Waals surface area contributed by atoms with Crippen LogP contribution < -0.4 is 5.32 Å². The van der Waals surface area contributed by atoms with Crippen LogP contribution in [0.3, 0.4) is 0 Å². The van der Waals surface area contributed by atoms with Crippen molar-refractivity contribution in [2.45, 2.75) is 13.5 Å². The average Bonchev–Trinajstić information content (AvgIpc) is 3.22. The van der Waals surface area contributed by atoms with Gasteiger partial charge in [-0.1, -0.05) is 47.6 Å². The minimum atomic E-state index is -0.195. The molecule has 2 heterocycles. The van der Waals surface area contributed by atoms with E-state index in [-0.39, 0.29) is 12.5 Å². The quantitative estimate of drug-likeness (QED) is 0.573. The van der Waals surface area contributed by atoms with Crippen molar-refractivity contribution in [1.82, 2.24) is 20.4 Å². The van der Waals surface area contributed by atoms with Crippen LogP contribution >= 0.6 is 0 Å². The van der Waals surface area contributed by atoms with Crippen LogP contribution in [0.5, 0.6) is 0 Å². The molecule has 0 saturated carbocycles. The van der Waals surface area contributed by atoms with Crippen LogP contribution in [0.15, 0.2) is 77.4 Å². The van der Waals surface area contributed by atoms with E-state index in [1.807, 2.05) is 61.5 Å². The minimum Gasteiger partial charge on any atom is -0.343 e. The second kappa shape index (κ2) is 7.84. The molecule has 4 rings (SSSR count). The van der Waals surface area contributed by atoms with Crippen LogP contribution in [0.1, 0.15) is 21.9 Å². The third-order valence-electron chi connectivity index (χ3n) is 4.28. The Morgan fingerprint density at radius 3 is 2.46 bits per heavy atom. The van der Waals surface area contributed by atoms with Crippen LogP contribution in [-0.4, -0.2) is 21.0 Å². The van der Waals surface area contributed by atoms with Gasteiger partial charge in [-0.3, -0.25) is 9.78 Å². The molecule has 6 nitrogen and oxygen atoms in total. The second-order valence-electron chi connectivity index (χ2n) is 6.32. The molecule has 0 aliphatic carbocycles. The molecular weight excluding hydrogens is 352 g/mol. The number of carbonyl (C=O) groups excluding carboxylic acids is 1. The SMILES string of the molecule is Cc1cc(-c2noc(CNC(=O)c3ccc(-c4ccccc4)cc3)n2)ccn1. The van der Waals surface area contributed by atoms with Crippen LogP contribution in [0.25, 0.3) is 22.5 Å². The van der Waals surface area contributed by atoms with Gasteiger partial charge < -0.3 is 9.84 Å². The summed E-state index contributed by atoms with van der Waals surface area (Å²) in [6, 6.07) is 21.2. The summed E-state index contributed by atoms with van der Waals surface area (Å²) in [6.45, 7) is 2.06. The third kappa shape index (κ3) is 3.96. The first-order valence-corrected chi connectivity index (χ1v) is 8.88. The summed E-state index contributed by atoms with van der Waals surface area (Å²) in [5.74, 6) is 0.625. The fraction of sp³-hybridized carbons (Fsp3) is 0.0909. The first kappa shape index (κ1) is 17.6. The van der Waals surface area contributed by atoms with Gasteiger partial charge in [0.05, 0.1) is 6.54 Å². The number of hydrogen-bond donors (Lipinski definition) is 1. The van der Waals surface area contributed by atoms with Gasteiger partial charge in [-0.25, -0.2) is 0 Å². The van der Waals surface area contributed by atoms with Gasteiger partial charge in [0.15, 0.2) is 0 Å². The van der Waals surface area contributed by atoms with Gasteiger partial charge in [0.25, 0.3) is 5.91 Å². The predicted octanol–water partition coefficient (Wildman–Crippen LogP) is 4.04. The molecule has 1 amide bonds. The van der Waals surface area contributed by atoms with Crippen molar-refractivity contribution in [3.8, 4) is 22.5 Å². The summed E-state index contributed by atoms with van der Waals surface area (Å²) >= 11 is 0. The Morgan fingerprint density at radius 1 is 0.964 bits per heavy atom. The zero-order valence-electron chi connectivity index (χ0n) is 15.3. The Morgan fingerprint density at radius 2 is 1.71 bits per heavy atom. The summed E-state index contributed by atoms with van der Waals surface area (Å²) in [5.41, 5.74) is 4.44. The van der Waals surface area contributed by atoms with Crippen molar-refractivity contribution >= 4 is 5.91 Å². The van der Waals surface area contributed by atoms with Crippen molar-refractivity contribution in [3.05, 3.63) is 90.1 Å². The van der Waals surface area contributed by atoms with Crippen molar-refractivity contribution in [1.29, 1.82) is 0 Å². The molecule has 0 atom stereocenters. The lowest BCUT2D eigenvalue weighted by Gasteiger charge is -2.05. The molecule has 138 valence electrons. The Hall–Kier alpha value is -3.80. The van der Waals surface area contributed by atoms with Gasteiger partial charge in [-0.2, -0.15) is 4.98 Å². The Bertz CT molecular complexity index is 1090. The molecule has 28 heavy (non-hydrogen) atoms.